The van der Waals surface area contributed by atoms with Crippen molar-refractivity contribution in [1.29, 1.82) is 0 Å². The quantitative estimate of drug-likeness (QED) is 0.459. The normalized spacial score (nSPS) is 13.9. The van der Waals surface area contributed by atoms with Crippen LogP contribution in [0.4, 0.5) is 5.69 Å². The molecule has 0 radical (unpaired) electrons. The lowest BCUT2D eigenvalue weighted by atomic mass is 10.2. The summed E-state index contributed by atoms with van der Waals surface area (Å²) in [4.78, 5) is 32.7. The molecule has 0 spiro atoms. The van der Waals surface area contributed by atoms with Gasteiger partial charge in [0.05, 0.1) is 35.3 Å². The molecule has 2 rings (SSSR count). The minimum absolute atomic E-state index is 0.0625. The molecule has 0 saturated carbocycles. The summed E-state index contributed by atoms with van der Waals surface area (Å²) >= 11 is 0. The maximum Gasteiger partial charge on any atom is 0.278 e. The SMILES string of the molecule is O=C1CC(CC(=O)N/N=C/c2ccccc2[N+](=O)[O-])=NN1. The van der Waals surface area contributed by atoms with Gasteiger partial charge in [-0.3, -0.25) is 19.7 Å². The molecule has 0 fully saturated rings. The van der Waals surface area contributed by atoms with Gasteiger partial charge in [-0.05, 0) is 6.07 Å². The van der Waals surface area contributed by atoms with Gasteiger partial charge in [-0.25, -0.2) is 10.9 Å². The Bertz CT molecular complexity index is 653. The number of nitro groups is 1. The molecule has 1 heterocycles. The first-order valence-corrected chi connectivity index (χ1v) is 5.96. The maximum atomic E-state index is 11.5. The van der Waals surface area contributed by atoms with Crippen LogP contribution in [0.25, 0.3) is 0 Å². The Morgan fingerprint density at radius 2 is 2.29 bits per heavy atom. The Hall–Kier alpha value is -3.10. The lowest BCUT2D eigenvalue weighted by Gasteiger charge is -1.99. The number of benzene rings is 1. The minimum Gasteiger partial charge on any atom is -0.273 e. The van der Waals surface area contributed by atoms with Crippen molar-refractivity contribution in [3.8, 4) is 0 Å². The molecule has 1 aromatic carbocycles. The molecular formula is C12H11N5O4. The van der Waals surface area contributed by atoms with Crippen LogP contribution in [0.3, 0.4) is 0 Å². The van der Waals surface area contributed by atoms with E-state index in [1.54, 1.807) is 6.07 Å². The Labute approximate surface area is 118 Å². The minimum atomic E-state index is -0.534. The van der Waals surface area contributed by atoms with Crippen LogP contribution >= 0.6 is 0 Å². The first-order chi connectivity index (χ1) is 10.1. The summed E-state index contributed by atoms with van der Waals surface area (Å²) in [6.45, 7) is 0. The highest BCUT2D eigenvalue weighted by Crippen LogP contribution is 2.14. The number of hydrogen-bond acceptors (Lipinski definition) is 6. The van der Waals surface area contributed by atoms with Crippen molar-refractivity contribution in [3.63, 3.8) is 0 Å². The lowest BCUT2D eigenvalue weighted by Crippen LogP contribution is -2.20. The van der Waals surface area contributed by atoms with E-state index in [1.165, 1.54) is 24.4 Å². The molecule has 0 atom stereocenters. The molecule has 1 aliphatic heterocycles. The zero-order valence-electron chi connectivity index (χ0n) is 10.8. The zero-order valence-corrected chi connectivity index (χ0v) is 10.8. The molecule has 0 saturated heterocycles. The third-order valence-electron chi connectivity index (χ3n) is 2.59. The Morgan fingerprint density at radius 1 is 1.52 bits per heavy atom. The summed E-state index contributed by atoms with van der Waals surface area (Å²) in [5, 5.41) is 18.1. The molecule has 2 amide bonds. The predicted octanol–water partition coefficient (Wildman–Crippen LogP) is 0.311. The standard InChI is InChI=1S/C12H11N5O4/c18-11(5-9-6-12(19)16-14-9)15-13-7-8-3-1-2-4-10(8)17(20)21/h1-4,7H,5-6H2,(H,15,18)(H,16,19)/b13-7+. The van der Waals surface area contributed by atoms with Crippen molar-refractivity contribution < 1.29 is 14.5 Å². The largest absolute Gasteiger partial charge is 0.278 e. The van der Waals surface area contributed by atoms with Gasteiger partial charge in [-0.1, -0.05) is 12.1 Å². The molecule has 0 bridgehead atoms. The van der Waals surface area contributed by atoms with E-state index in [2.05, 4.69) is 21.1 Å². The van der Waals surface area contributed by atoms with E-state index in [4.69, 9.17) is 0 Å². The topological polar surface area (TPSA) is 126 Å². The fourth-order valence-corrected chi connectivity index (χ4v) is 1.67. The summed E-state index contributed by atoms with van der Waals surface area (Å²) < 4.78 is 0. The van der Waals surface area contributed by atoms with Gasteiger partial charge in [0.15, 0.2) is 0 Å². The molecule has 9 heteroatoms. The van der Waals surface area contributed by atoms with E-state index in [1.807, 2.05) is 0 Å². The van der Waals surface area contributed by atoms with Crippen LogP contribution in [0.2, 0.25) is 0 Å². The van der Waals surface area contributed by atoms with Gasteiger partial charge in [0.1, 0.15) is 0 Å². The van der Waals surface area contributed by atoms with E-state index in [-0.39, 0.29) is 30.0 Å². The van der Waals surface area contributed by atoms with Crippen molar-refractivity contribution in [3.05, 3.63) is 39.9 Å². The molecule has 0 unspecified atom stereocenters. The van der Waals surface area contributed by atoms with Crippen LogP contribution in [0, 0.1) is 10.1 Å². The third kappa shape index (κ3) is 3.93. The predicted molar refractivity (Wildman–Crippen MR) is 73.6 cm³/mol. The van der Waals surface area contributed by atoms with E-state index in [0.717, 1.165) is 0 Å². The average molecular weight is 289 g/mol. The summed E-state index contributed by atoms with van der Waals surface area (Å²) in [5.74, 6) is -0.721. The molecule has 0 aliphatic carbocycles. The van der Waals surface area contributed by atoms with Gasteiger partial charge in [0.25, 0.3) is 5.69 Å². The zero-order chi connectivity index (χ0) is 15.2. The molecule has 1 aromatic rings. The second kappa shape index (κ2) is 6.37. The number of hydrazone groups is 2. The smallest absolute Gasteiger partial charge is 0.273 e. The maximum absolute atomic E-state index is 11.5. The van der Waals surface area contributed by atoms with Gasteiger partial charge in [-0.15, -0.1) is 0 Å². The molecule has 2 N–H and O–H groups in total. The number of hydrogen-bond donors (Lipinski definition) is 2. The summed E-state index contributed by atoms with van der Waals surface area (Å²) in [7, 11) is 0. The van der Waals surface area contributed by atoms with E-state index >= 15 is 0 Å². The van der Waals surface area contributed by atoms with Crippen molar-refractivity contribution in [1.82, 2.24) is 10.9 Å². The Morgan fingerprint density at radius 3 is 2.95 bits per heavy atom. The van der Waals surface area contributed by atoms with Gasteiger partial charge >= 0.3 is 0 Å². The highest BCUT2D eigenvalue weighted by Gasteiger charge is 2.17. The summed E-state index contributed by atoms with van der Waals surface area (Å²) in [6.07, 6.45) is 1.21. The van der Waals surface area contributed by atoms with Crippen LogP contribution in [-0.4, -0.2) is 28.7 Å². The molecular weight excluding hydrogens is 278 g/mol. The van der Waals surface area contributed by atoms with Crippen molar-refractivity contribution >= 4 is 29.4 Å². The fraction of sp³-hybridized carbons (Fsp3) is 0.167. The van der Waals surface area contributed by atoms with Crippen molar-refractivity contribution in [2.75, 3.05) is 0 Å². The fourth-order valence-electron chi connectivity index (χ4n) is 1.67. The van der Waals surface area contributed by atoms with Crippen LogP contribution in [-0.2, 0) is 9.59 Å². The van der Waals surface area contributed by atoms with Crippen LogP contribution < -0.4 is 10.9 Å². The first-order valence-electron chi connectivity index (χ1n) is 5.96. The monoisotopic (exact) mass is 289 g/mol. The average Bonchev–Trinajstić information content (AvgIpc) is 2.84. The molecule has 0 aromatic heterocycles. The summed E-state index contributed by atoms with van der Waals surface area (Å²) in [6, 6.07) is 6.02. The number of carbonyl (C=O) groups excluding carboxylic acids is 2. The van der Waals surface area contributed by atoms with Gasteiger partial charge in [-0.2, -0.15) is 10.2 Å². The number of carbonyl (C=O) groups is 2. The Balaban J connectivity index is 1.92. The molecule has 9 nitrogen and oxygen atoms in total. The van der Waals surface area contributed by atoms with Crippen LogP contribution in [0.15, 0.2) is 34.5 Å². The molecule has 1 aliphatic rings. The highest BCUT2D eigenvalue weighted by atomic mass is 16.6. The number of amides is 2. The number of nitro benzene ring substituents is 1. The summed E-state index contributed by atoms with van der Waals surface area (Å²) in [5.41, 5.74) is 5.04. The van der Waals surface area contributed by atoms with E-state index in [9.17, 15) is 19.7 Å². The molecule has 21 heavy (non-hydrogen) atoms. The van der Waals surface area contributed by atoms with Crippen molar-refractivity contribution in [2.24, 2.45) is 10.2 Å². The van der Waals surface area contributed by atoms with Gasteiger partial charge in [0, 0.05) is 6.07 Å². The number of para-hydroxylation sites is 1. The van der Waals surface area contributed by atoms with Gasteiger partial charge in [0.2, 0.25) is 11.8 Å². The number of nitrogens with zero attached hydrogens (tertiary/aromatic N) is 3. The van der Waals surface area contributed by atoms with Gasteiger partial charge < -0.3 is 0 Å². The number of rotatable bonds is 5. The second-order valence-electron chi connectivity index (χ2n) is 4.18. The first kappa shape index (κ1) is 14.3. The van der Waals surface area contributed by atoms with Crippen LogP contribution in [0.5, 0.6) is 0 Å². The number of nitrogens with one attached hydrogen (secondary N) is 2. The van der Waals surface area contributed by atoms with E-state index < -0.39 is 10.8 Å². The Kier molecular flexibility index (Phi) is 4.34. The second-order valence-corrected chi connectivity index (χ2v) is 4.18. The van der Waals surface area contributed by atoms with Crippen LogP contribution in [0.1, 0.15) is 18.4 Å². The third-order valence-corrected chi connectivity index (χ3v) is 2.59. The lowest BCUT2D eigenvalue weighted by molar-refractivity contribution is -0.385. The highest BCUT2D eigenvalue weighted by molar-refractivity contribution is 6.11. The molecule has 108 valence electrons. The van der Waals surface area contributed by atoms with E-state index in [0.29, 0.717) is 5.71 Å². The van der Waals surface area contributed by atoms with Crippen molar-refractivity contribution in [2.45, 2.75) is 12.8 Å².